The SMILES string of the molecule is COc1ccccc1/C=C\C(=O)c1c(OC)ccc2ccccc12. The highest BCUT2D eigenvalue weighted by Crippen LogP contribution is 2.29. The van der Waals surface area contributed by atoms with Gasteiger partial charge in [0.15, 0.2) is 5.78 Å². The van der Waals surface area contributed by atoms with E-state index in [1.54, 1.807) is 26.4 Å². The molecule has 3 nitrogen and oxygen atoms in total. The van der Waals surface area contributed by atoms with Crippen molar-refractivity contribution in [3.63, 3.8) is 0 Å². The quantitative estimate of drug-likeness (QED) is 0.503. The van der Waals surface area contributed by atoms with Crippen molar-refractivity contribution in [1.82, 2.24) is 0 Å². The number of ketones is 1. The number of hydrogen-bond donors (Lipinski definition) is 0. The Morgan fingerprint density at radius 3 is 2.33 bits per heavy atom. The number of para-hydroxylation sites is 1. The molecule has 0 aliphatic carbocycles. The molecule has 0 atom stereocenters. The molecule has 0 aliphatic rings. The number of allylic oxidation sites excluding steroid dienone is 1. The van der Waals surface area contributed by atoms with Crippen LogP contribution >= 0.6 is 0 Å². The average molecular weight is 318 g/mol. The summed E-state index contributed by atoms with van der Waals surface area (Å²) in [6.07, 6.45) is 3.32. The van der Waals surface area contributed by atoms with E-state index in [-0.39, 0.29) is 5.78 Å². The molecular weight excluding hydrogens is 300 g/mol. The van der Waals surface area contributed by atoms with Gasteiger partial charge in [-0.25, -0.2) is 0 Å². The van der Waals surface area contributed by atoms with Gasteiger partial charge in [-0.15, -0.1) is 0 Å². The number of fused-ring (bicyclic) bond motifs is 1. The number of carbonyl (C=O) groups is 1. The molecular formula is C21H18O3. The number of ether oxygens (including phenoxy) is 2. The predicted octanol–water partition coefficient (Wildman–Crippen LogP) is 4.75. The molecule has 0 bridgehead atoms. The van der Waals surface area contributed by atoms with E-state index < -0.39 is 0 Å². The molecule has 0 heterocycles. The minimum absolute atomic E-state index is 0.102. The average Bonchev–Trinajstić information content (AvgIpc) is 2.65. The fraction of sp³-hybridized carbons (Fsp3) is 0.0952. The Kier molecular flexibility index (Phi) is 4.62. The molecule has 3 aromatic carbocycles. The maximum absolute atomic E-state index is 12.8. The number of hydrogen-bond acceptors (Lipinski definition) is 3. The lowest BCUT2D eigenvalue weighted by atomic mass is 9.99. The van der Waals surface area contributed by atoms with E-state index in [2.05, 4.69) is 0 Å². The third-order valence-corrected chi connectivity index (χ3v) is 3.91. The molecule has 24 heavy (non-hydrogen) atoms. The van der Waals surface area contributed by atoms with E-state index >= 15 is 0 Å². The maximum atomic E-state index is 12.8. The molecule has 3 aromatic rings. The first kappa shape index (κ1) is 15.8. The zero-order valence-electron chi connectivity index (χ0n) is 13.7. The summed E-state index contributed by atoms with van der Waals surface area (Å²) in [6, 6.07) is 19.1. The van der Waals surface area contributed by atoms with Crippen molar-refractivity contribution in [1.29, 1.82) is 0 Å². The molecule has 0 saturated heterocycles. The van der Waals surface area contributed by atoms with Crippen molar-refractivity contribution < 1.29 is 14.3 Å². The Morgan fingerprint density at radius 2 is 1.54 bits per heavy atom. The zero-order valence-corrected chi connectivity index (χ0v) is 13.7. The number of carbonyl (C=O) groups excluding carboxylic acids is 1. The summed E-state index contributed by atoms with van der Waals surface area (Å²) in [5.74, 6) is 1.20. The van der Waals surface area contributed by atoms with Gasteiger partial charge in [0.25, 0.3) is 0 Å². The summed E-state index contributed by atoms with van der Waals surface area (Å²) in [7, 11) is 3.19. The first-order valence-electron chi connectivity index (χ1n) is 7.65. The fourth-order valence-electron chi connectivity index (χ4n) is 2.73. The summed E-state index contributed by atoms with van der Waals surface area (Å²) in [5, 5.41) is 1.89. The summed E-state index contributed by atoms with van der Waals surface area (Å²) >= 11 is 0. The van der Waals surface area contributed by atoms with Crippen LogP contribution in [0.1, 0.15) is 15.9 Å². The molecule has 0 radical (unpaired) electrons. The molecule has 0 unspecified atom stereocenters. The molecule has 3 heteroatoms. The Balaban J connectivity index is 2.04. The van der Waals surface area contributed by atoms with E-state index in [1.165, 1.54) is 0 Å². The minimum atomic E-state index is -0.102. The topological polar surface area (TPSA) is 35.5 Å². The first-order valence-corrected chi connectivity index (χ1v) is 7.65. The van der Waals surface area contributed by atoms with Crippen LogP contribution in [0.3, 0.4) is 0 Å². The molecule has 0 saturated carbocycles. The van der Waals surface area contributed by atoms with Crippen LogP contribution in [0.15, 0.2) is 66.7 Å². The Hall–Kier alpha value is -3.07. The summed E-state index contributed by atoms with van der Waals surface area (Å²) in [6.45, 7) is 0. The largest absolute Gasteiger partial charge is 0.496 e. The van der Waals surface area contributed by atoms with Crippen LogP contribution < -0.4 is 9.47 Å². The molecule has 3 rings (SSSR count). The molecule has 0 aromatic heterocycles. The van der Waals surface area contributed by atoms with Crippen LogP contribution in [-0.2, 0) is 0 Å². The number of benzene rings is 3. The molecule has 0 amide bonds. The second kappa shape index (κ2) is 7.01. The van der Waals surface area contributed by atoms with Crippen molar-refractivity contribution in [3.05, 3.63) is 77.9 Å². The van der Waals surface area contributed by atoms with Crippen LogP contribution in [0.4, 0.5) is 0 Å². The molecule has 120 valence electrons. The van der Waals surface area contributed by atoms with E-state index in [4.69, 9.17) is 9.47 Å². The van der Waals surface area contributed by atoms with Gasteiger partial charge in [-0.05, 0) is 35.1 Å². The highest BCUT2D eigenvalue weighted by atomic mass is 16.5. The van der Waals surface area contributed by atoms with Crippen molar-refractivity contribution in [2.24, 2.45) is 0 Å². The van der Waals surface area contributed by atoms with E-state index in [1.807, 2.05) is 60.7 Å². The van der Waals surface area contributed by atoms with Gasteiger partial charge in [0.2, 0.25) is 0 Å². The Morgan fingerprint density at radius 1 is 0.833 bits per heavy atom. The van der Waals surface area contributed by atoms with E-state index in [0.717, 1.165) is 22.1 Å². The molecule has 0 aliphatic heterocycles. The van der Waals surface area contributed by atoms with Crippen molar-refractivity contribution in [3.8, 4) is 11.5 Å². The molecule has 0 N–H and O–H groups in total. The van der Waals surface area contributed by atoms with Crippen molar-refractivity contribution in [2.75, 3.05) is 14.2 Å². The fourth-order valence-corrected chi connectivity index (χ4v) is 2.73. The summed E-state index contributed by atoms with van der Waals surface area (Å²) in [4.78, 5) is 12.8. The third-order valence-electron chi connectivity index (χ3n) is 3.91. The second-order valence-electron chi connectivity index (χ2n) is 5.30. The van der Waals surface area contributed by atoms with Gasteiger partial charge in [-0.1, -0.05) is 48.5 Å². The number of methoxy groups -OCH3 is 2. The highest BCUT2D eigenvalue weighted by molar-refractivity contribution is 6.16. The van der Waals surface area contributed by atoms with Gasteiger partial charge in [0.05, 0.1) is 19.8 Å². The van der Waals surface area contributed by atoms with Crippen LogP contribution in [0.2, 0.25) is 0 Å². The lowest BCUT2D eigenvalue weighted by molar-refractivity contribution is 0.104. The number of rotatable bonds is 5. The third kappa shape index (κ3) is 3.01. The van der Waals surface area contributed by atoms with Gasteiger partial charge in [0, 0.05) is 5.56 Å². The smallest absolute Gasteiger partial charge is 0.190 e. The van der Waals surface area contributed by atoms with Crippen LogP contribution in [0.5, 0.6) is 11.5 Å². The van der Waals surface area contributed by atoms with Crippen molar-refractivity contribution in [2.45, 2.75) is 0 Å². The van der Waals surface area contributed by atoms with Crippen molar-refractivity contribution >= 4 is 22.6 Å². The van der Waals surface area contributed by atoms with Gasteiger partial charge in [-0.2, -0.15) is 0 Å². The standard InChI is InChI=1S/C21H18O3/c1-23-19-10-6-4-8-16(19)11-13-18(22)21-17-9-5-3-7-15(17)12-14-20(21)24-2/h3-14H,1-2H3/b13-11-. The van der Waals surface area contributed by atoms with Gasteiger partial charge < -0.3 is 9.47 Å². The predicted molar refractivity (Wildman–Crippen MR) is 96.9 cm³/mol. The molecule has 0 spiro atoms. The van der Waals surface area contributed by atoms with Gasteiger partial charge in [0.1, 0.15) is 11.5 Å². The Labute approximate surface area is 141 Å². The maximum Gasteiger partial charge on any atom is 0.190 e. The monoisotopic (exact) mass is 318 g/mol. The van der Waals surface area contributed by atoms with Crippen LogP contribution in [-0.4, -0.2) is 20.0 Å². The van der Waals surface area contributed by atoms with Crippen LogP contribution in [0, 0.1) is 0 Å². The normalized spacial score (nSPS) is 10.9. The summed E-state index contributed by atoms with van der Waals surface area (Å²) in [5.41, 5.74) is 1.43. The van der Waals surface area contributed by atoms with Gasteiger partial charge >= 0.3 is 0 Å². The minimum Gasteiger partial charge on any atom is -0.496 e. The lowest BCUT2D eigenvalue weighted by Gasteiger charge is -2.09. The molecule has 0 fully saturated rings. The lowest BCUT2D eigenvalue weighted by Crippen LogP contribution is -2.00. The second-order valence-corrected chi connectivity index (χ2v) is 5.30. The summed E-state index contributed by atoms with van der Waals surface area (Å²) < 4.78 is 10.7. The highest BCUT2D eigenvalue weighted by Gasteiger charge is 2.14. The zero-order chi connectivity index (χ0) is 16.9. The first-order chi connectivity index (χ1) is 11.7. The van der Waals surface area contributed by atoms with E-state index in [0.29, 0.717) is 11.3 Å². The Bertz CT molecular complexity index is 910. The van der Waals surface area contributed by atoms with Crippen LogP contribution in [0.25, 0.3) is 16.8 Å². The van der Waals surface area contributed by atoms with E-state index in [9.17, 15) is 4.79 Å². The van der Waals surface area contributed by atoms with Gasteiger partial charge in [-0.3, -0.25) is 4.79 Å².